The number of hydrogen-bond acceptors (Lipinski definition) is 4. The van der Waals surface area contributed by atoms with E-state index in [1.807, 2.05) is 0 Å². The van der Waals surface area contributed by atoms with E-state index in [0.717, 1.165) is 40.7 Å². The molecule has 0 saturated carbocycles. The largest absolute Gasteiger partial charge is 0.478 e. The Kier molecular flexibility index (Phi) is 5.79. The van der Waals surface area contributed by atoms with Gasteiger partial charge in [0.1, 0.15) is 11.5 Å². The lowest BCUT2D eigenvalue weighted by molar-refractivity contribution is -0.141. The van der Waals surface area contributed by atoms with Gasteiger partial charge < -0.3 is 5.11 Å². The topological polar surface area (TPSA) is 87.6 Å². The first-order valence-electron chi connectivity index (χ1n) is 8.53. The predicted octanol–water partition coefficient (Wildman–Crippen LogP) is 4.19. The molecule has 0 unspecified atom stereocenters. The van der Waals surface area contributed by atoms with Crippen LogP contribution in [0.3, 0.4) is 0 Å². The zero-order valence-corrected chi connectivity index (χ0v) is 16.1. The zero-order chi connectivity index (χ0) is 21.9. The molecule has 0 spiro atoms. The van der Waals surface area contributed by atoms with E-state index in [1.165, 1.54) is 6.07 Å². The summed E-state index contributed by atoms with van der Waals surface area (Å²) in [6, 6.07) is 15.7. The van der Waals surface area contributed by atoms with Crippen LogP contribution in [0.2, 0.25) is 0 Å². The Labute approximate surface area is 170 Å². The van der Waals surface area contributed by atoms with Crippen LogP contribution in [-0.2, 0) is 22.7 Å². The Hall–Kier alpha value is -3.40. The third-order valence-corrected chi connectivity index (χ3v) is 5.90. The van der Waals surface area contributed by atoms with E-state index < -0.39 is 33.7 Å². The van der Waals surface area contributed by atoms with Gasteiger partial charge in [-0.05, 0) is 42.0 Å². The number of carboxylic acid groups (broad SMARTS) is 1. The third-order valence-electron chi connectivity index (χ3n) is 4.14. The maximum absolute atomic E-state index is 13.2. The SMILES string of the molecule is O=C(O)c1ccc(S(=O)(=O)N(Cc2ccccc2)c2cccc(C(F)(F)F)n2)cc1. The van der Waals surface area contributed by atoms with Gasteiger partial charge in [0.2, 0.25) is 0 Å². The Morgan fingerprint density at radius 2 is 1.57 bits per heavy atom. The van der Waals surface area contributed by atoms with Crippen LogP contribution >= 0.6 is 0 Å². The Morgan fingerprint density at radius 1 is 0.933 bits per heavy atom. The molecule has 0 aliphatic rings. The normalized spacial score (nSPS) is 11.8. The fraction of sp³-hybridized carbons (Fsp3) is 0.100. The molecule has 3 rings (SSSR count). The van der Waals surface area contributed by atoms with Crippen molar-refractivity contribution in [1.82, 2.24) is 4.98 Å². The minimum absolute atomic E-state index is 0.124. The molecule has 0 atom stereocenters. The molecular formula is C20H15F3N2O4S. The average Bonchev–Trinajstić information content (AvgIpc) is 2.72. The zero-order valence-electron chi connectivity index (χ0n) is 15.2. The highest BCUT2D eigenvalue weighted by Crippen LogP contribution is 2.31. The van der Waals surface area contributed by atoms with Crippen molar-refractivity contribution in [2.24, 2.45) is 0 Å². The molecule has 0 aliphatic carbocycles. The molecule has 0 fully saturated rings. The molecule has 0 amide bonds. The van der Waals surface area contributed by atoms with Crippen LogP contribution in [-0.4, -0.2) is 24.5 Å². The van der Waals surface area contributed by atoms with Crippen molar-refractivity contribution in [3.63, 3.8) is 0 Å². The number of sulfonamides is 1. The first kappa shape index (κ1) is 21.3. The van der Waals surface area contributed by atoms with Crippen molar-refractivity contribution in [3.8, 4) is 0 Å². The summed E-state index contributed by atoms with van der Waals surface area (Å²) in [5.74, 6) is -1.64. The van der Waals surface area contributed by atoms with Crippen LogP contribution in [0.4, 0.5) is 19.0 Å². The summed E-state index contributed by atoms with van der Waals surface area (Å²) in [4.78, 5) is 14.2. The number of pyridine rings is 1. The number of rotatable bonds is 6. The highest BCUT2D eigenvalue weighted by molar-refractivity contribution is 7.92. The maximum Gasteiger partial charge on any atom is 0.433 e. The second kappa shape index (κ2) is 8.15. The summed E-state index contributed by atoms with van der Waals surface area (Å²) in [5.41, 5.74) is -0.822. The fourth-order valence-electron chi connectivity index (χ4n) is 2.66. The average molecular weight is 436 g/mol. The van der Waals surface area contributed by atoms with Crippen molar-refractivity contribution in [2.75, 3.05) is 4.31 Å². The summed E-state index contributed by atoms with van der Waals surface area (Å²) in [6.45, 7) is -0.266. The summed E-state index contributed by atoms with van der Waals surface area (Å²) in [6.07, 6.45) is -4.75. The van der Waals surface area contributed by atoms with Crippen LogP contribution in [0, 0.1) is 0 Å². The molecule has 0 radical (unpaired) electrons. The minimum atomic E-state index is -4.75. The molecule has 0 aliphatic heterocycles. The van der Waals surface area contributed by atoms with Gasteiger partial charge in [-0.25, -0.2) is 22.5 Å². The summed E-state index contributed by atoms with van der Waals surface area (Å²) >= 11 is 0. The van der Waals surface area contributed by atoms with Crippen molar-refractivity contribution in [3.05, 3.63) is 89.6 Å². The van der Waals surface area contributed by atoms with Gasteiger partial charge in [-0.2, -0.15) is 13.2 Å². The monoisotopic (exact) mass is 436 g/mol. The fourth-order valence-corrected chi connectivity index (χ4v) is 4.06. The van der Waals surface area contributed by atoms with Gasteiger partial charge in [0.15, 0.2) is 0 Å². The molecule has 1 N–H and O–H groups in total. The predicted molar refractivity (Wildman–Crippen MR) is 102 cm³/mol. The smallest absolute Gasteiger partial charge is 0.433 e. The molecule has 2 aromatic carbocycles. The number of benzene rings is 2. The molecule has 1 heterocycles. The van der Waals surface area contributed by atoms with Gasteiger partial charge in [-0.3, -0.25) is 0 Å². The number of carboxylic acids is 1. The molecule has 0 bridgehead atoms. The van der Waals surface area contributed by atoms with Crippen LogP contribution in [0.25, 0.3) is 0 Å². The standard InChI is InChI=1S/C20H15F3N2O4S/c21-20(22,23)17-7-4-8-18(24-17)25(13-14-5-2-1-3-6-14)30(28,29)16-11-9-15(10-12-16)19(26)27/h1-12H,13H2,(H,26,27). The number of aromatic carboxylic acids is 1. The lowest BCUT2D eigenvalue weighted by atomic mass is 10.2. The number of aromatic nitrogens is 1. The van der Waals surface area contributed by atoms with E-state index in [1.54, 1.807) is 30.3 Å². The maximum atomic E-state index is 13.2. The van der Waals surface area contributed by atoms with E-state index >= 15 is 0 Å². The molecule has 10 heteroatoms. The lowest BCUT2D eigenvalue weighted by Crippen LogP contribution is -2.32. The highest BCUT2D eigenvalue weighted by Gasteiger charge is 2.34. The number of halogens is 3. The highest BCUT2D eigenvalue weighted by atomic mass is 32.2. The van der Waals surface area contributed by atoms with Crippen molar-refractivity contribution >= 4 is 21.8 Å². The van der Waals surface area contributed by atoms with E-state index in [9.17, 15) is 26.4 Å². The Balaban J connectivity index is 2.10. The van der Waals surface area contributed by atoms with E-state index in [-0.39, 0.29) is 17.0 Å². The van der Waals surface area contributed by atoms with Crippen LogP contribution in [0.1, 0.15) is 21.6 Å². The second-order valence-electron chi connectivity index (χ2n) is 6.21. The quantitative estimate of drug-likeness (QED) is 0.626. The summed E-state index contributed by atoms with van der Waals surface area (Å²) in [5, 5.41) is 8.99. The summed E-state index contributed by atoms with van der Waals surface area (Å²) < 4.78 is 66.6. The molecule has 156 valence electrons. The minimum Gasteiger partial charge on any atom is -0.478 e. The first-order chi connectivity index (χ1) is 14.1. The van der Waals surface area contributed by atoms with E-state index in [2.05, 4.69) is 4.98 Å². The number of hydrogen-bond donors (Lipinski definition) is 1. The van der Waals surface area contributed by atoms with Gasteiger partial charge in [-0.15, -0.1) is 0 Å². The van der Waals surface area contributed by atoms with Gasteiger partial charge in [0.05, 0.1) is 17.0 Å². The Bertz CT molecular complexity index is 1150. The molecule has 0 saturated heterocycles. The van der Waals surface area contributed by atoms with Gasteiger partial charge in [0.25, 0.3) is 10.0 Å². The lowest BCUT2D eigenvalue weighted by Gasteiger charge is -2.24. The number of nitrogens with zero attached hydrogens (tertiary/aromatic N) is 2. The van der Waals surface area contributed by atoms with Gasteiger partial charge >= 0.3 is 12.1 Å². The van der Waals surface area contributed by atoms with Crippen LogP contribution in [0.15, 0.2) is 77.7 Å². The van der Waals surface area contributed by atoms with Crippen molar-refractivity contribution < 1.29 is 31.5 Å². The van der Waals surface area contributed by atoms with E-state index in [0.29, 0.717) is 5.56 Å². The van der Waals surface area contributed by atoms with Crippen LogP contribution in [0.5, 0.6) is 0 Å². The molecule has 3 aromatic rings. The summed E-state index contributed by atoms with van der Waals surface area (Å²) in [7, 11) is -4.35. The third kappa shape index (κ3) is 4.60. The second-order valence-corrected chi connectivity index (χ2v) is 8.07. The van der Waals surface area contributed by atoms with Crippen molar-refractivity contribution in [2.45, 2.75) is 17.6 Å². The molecule has 1 aromatic heterocycles. The van der Waals surface area contributed by atoms with Gasteiger partial charge in [0, 0.05) is 0 Å². The number of carbonyl (C=O) groups is 1. The number of anilines is 1. The van der Waals surface area contributed by atoms with Crippen molar-refractivity contribution in [1.29, 1.82) is 0 Å². The molecular weight excluding hydrogens is 421 g/mol. The molecule has 6 nitrogen and oxygen atoms in total. The first-order valence-corrected chi connectivity index (χ1v) is 9.97. The van der Waals surface area contributed by atoms with Crippen LogP contribution < -0.4 is 4.31 Å². The molecule has 30 heavy (non-hydrogen) atoms. The van der Waals surface area contributed by atoms with Gasteiger partial charge in [-0.1, -0.05) is 36.4 Å². The Morgan fingerprint density at radius 3 is 2.13 bits per heavy atom. The van der Waals surface area contributed by atoms with E-state index in [4.69, 9.17) is 5.11 Å². The number of alkyl halides is 3.